The molecule has 0 amide bonds. The normalized spacial score (nSPS) is 10.9. The molecular weight excluding hydrogens is 190 g/mol. The molecule has 0 saturated heterocycles. The van der Waals surface area contributed by atoms with Crippen LogP contribution in [0.2, 0.25) is 0 Å². The molecule has 3 aromatic rings. The molecule has 0 spiro atoms. The number of benzene rings is 1. The summed E-state index contributed by atoms with van der Waals surface area (Å²) in [6.45, 7) is 0. The summed E-state index contributed by atoms with van der Waals surface area (Å²) >= 11 is 0. The Morgan fingerprint density at radius 2 is 2.07 bits per heavy atom. The van der Waals surface area contributed by atoms with Gasteiger partial charge in [0.15, 0.2) is 0 Å². The molecule has 1 radical (unpaired) electrons. The lowest BCUT2D eigenvalue weighted by Crippen LogP contribution is -2.02. The molecule has 0 aliphatic carbocycles. The minimum absolute atomic E-state index is 0.0591. The number of rotatable bonds is 0. The van der Waals surface area contributed by atoms with Crippen molar-refractivity contribution in [1.82, 2.24) is 4.98 Å². The van der Waals surface area contributed by atoms with Gasteiger partial charge in [0.1, 0.15) is 5.58 Å². The van der Waals surface area contributed by atoms with Gasteiger partial charge in [0, 0.05) is 12.3 Å². The van der Waals surface area contributed by atoms with E-state index >= 15 is 0 Å². The summed E-state index contributed by atoms with van der Waals surface area (Å²) in [6, 6.07) is 11.5. The predicted octanol–water partition coefficient (Wildman–Crippen LogP) is 2.14. The number of nitrogens with zero attached hydrogens (tertiary/aromatic N) is 1. The van der Waals surface area contributed by atoms with Gasteiger partial charge in [-0.2, -0.15) is 0 Å². The van der Waals surface area contributed by atoms with Gasteiger partial charge < -0.3 is 4.42 Å². The van der Waals surface area contributed by atoms with Gasteiger partial charge in [-0.3, -0.25) is 4.79 Å². The largest absolute Gasteiger partial charge is 0.437 e. The highest BCUT2D eigenvalue weighted by Crippen LogP contribution is 2.15. The molecule has 3 nitrogen and oxygen atoms in total. The Hall–Kier alpha value is -2.16. The summed E-state index contributed by atoms with van der Waals surface area (Å²) in [5.74, 6) is 0. The van der Waals surface area contributed by atoms with E-state index < -0.39 is 0 Å². The van der Waals surface area contributed by atoms with E-state index in [1.165, 1.54) is 6.20 Å². The maximum atomic E-state index is 12.0. The van der Waals surface area contributed by atoms with Gasteiger partial charge in [-0.1, -0.05) is 12.1 Å². The third-order valence-corrected chi connectivity index (χ3v) is 2.30. The highest BCUT2D eigenvalue weighted by molar-refractivity contribution is 5.87. The van der Waals surface area contributed by atoms with E-state index in [0.717, 1.165) is 0 Å². The minimum Gasteiger partial charge on any atom is -0.437 e. The Labute approximate surface area is 85.0 Å². The third-order valence-electron chi connectivity index (χ3n) is 2.30. The summed E-state index contributed by atoms with van der Waals surface area (Å²) in [5, 5.41) is 1.04. The van der Waals surface area contributed by atoms with Crippen LogP contribution in [0, 0.1) is 6.07 Å². The molecule has 0 N–H and O–H groups in total. The number of fused-ring (bicyclic) bond motifs is 2. The van der Waals surface area contributed by atoms with Crippen molar-refractivity contribution in [3.8, 4) is 0 Å². The van der Waals surface area contributed by atoms with Crippen molar-refractivity contribution < 1.29 is 4.42 Å². The molecule has 0 aliphatic rings. The molecule has 71 valence electrons. The van der Waals surface area contributed by atoms with Crippen LogP contribution >= 0.6 is 0 Å². The number of aromatic nitrogens is 1. The van der Waals surface area contributed by atoms with Crippen molar-refractivity contribution in [3.05, 3.63) is 52.8 Å². The van der Waals surface area contributed by atoms with Gasteiger partial charge in [0.05, 0.1) is 10.8 Å². The highest BCUT2D eigenvalue weighted by Gasteiger charge is 2.06. The summed E-state index contributed by atoms with van der Waals surface area (Å²) in [7, 11) is 0. The Kier molecular flexibility index (Phi) is 1.59. The number of hydrogen-bond donors (Lipinski definition) is 0. The summed E-state index contributed by atoms with van der Waals surface area (Å²) in [4.78, 5) is 15.9. The molecule has 1 aromatic carbocycles. The van der Waals surface area contributed by atoms with Crippen molar-refractivity contribution in [1.29, 1.82) is 0 Å². The molecule has 2 aromatic heterocycles. The molecule has 0 unspecified atom stereocenters. The van der Waals surface area contributed by atoms with E-state index in [4.69, 9.17) is 4.42 Å². The average Bonchev–Trinajstić information content (AvgIpc) is 2.30. The van der Waals surface area contributed by atoms with Crippen molar-refractivity contribution in [2.45, 2.75) is 0 Å². The van der Waals surface area contributed by atoms with E-state index in [9.17, 15) is 4.79 Å². The van der Waals surface area contributed by atoms with E-state index in [-0.39, 0.29) is 5.43 Å². The first-order valence-electron chi connectivity index (χ1n) is 4.54. The highest BCUT2D eigenvalue weighted by atomic mass is 16.3. The zero-order chi connectivity index (χ0) is 10.3. The third kappa shape index (κ3) is 1.13. The van der Waals surface area contributed by atoms with Gasteiger partial charge in [-0.05, 0) is 18.2 Å². The fourth-order valence-electron chi connectivity index (χ4n) is 1.58. The molecule has 0 fully saturated rings. The van der Waals surface area contributed by atoms with Gasteiger partial charge in [-0.25, -0.2) is 4.98 Å². The maximum Gasteiger partial charge on any atom is 0.230 e. The van der Waals surface area contributed by atoms with Crippen molar-refractivity contribution in [2.24, 2.45) is 0 Å². The maximum absolute atomic E-state index is 12.0. The molecule has 3 rings (SSSR count). The summed E-state index contributed by atoms with van der Waals surface area (Å²) in [5.41, 5.74) is 0.863. The molecule has 15 heavy (non-hydrogen) atoms. The monoisotopic (exact) mass is 196 g/mol. The first kappa shape index (κ1) is 8.17. The van der Waals surface area contributed by atoms with Crippen LogP contribution in [0.1, 0.15) is 0 Å². The first-order valence-corrected chi connectivity index (χ1v) is 4.54. The standard InChI is InChI=1S/C12H6NO2/c14-11-8-4-1-2-6-10(8)15-12-9(11)5-3-7-13-12/h1-2,4-7H. The second kappa shape index (κ2) is 2.92. The minimum atomic E-state index is -0.0591. The average molecular weight is 196 g/mol. The topological polar surface area (TPSA) is 43.1 Å². The molecular formula is C12H6NO2. The number of hydrogen-bond acceptors (Lipinski definition) is 3. The van der Waals surface area contributed by atoms with E-state index in [1.807, 2.05) is 12.1 Å². The smallest absolute Gasteiger partial charge is 0.230 e. The predicted molar refractivity (Wildman–Crippen MR) is 56.6 cm³/mol. The lowest BCUT2D eigenvalue weighted by atomic mass is 10.2. The SMILES string of the molecule is O=c1c2ccccc2oc2nc[c]cc12. The second-order valence-corrected chi connectivity index (χ2v) is 3.22. The second-order valence-electron chi connectivity index (χ2n) is 3.22. The Morgan fingerprint density at radius 1 is 1.20 bits per heavy atom. The van der Waals surface area contributed by atoms with Gasteiger partial charge in [0.2, 0.25) is 11.1 Å². The fourth-order valence-corrected chi connectivity index (χ4v) is 1.58. The van der Waals surface area contributed by atoms with E-state index in [2.05, 4.69) is 11.1 Å². The van der Waals surface area contributed by atoms with Crippen LogP contribution in [0.25, 0.3) is 22.1 Å². The molecule has 0 atom stereocenters. The Morgan fingerprint density at radius 3 is 3.00 bits per heavy atom. The summed E-state index contributed by atoms with van der Waals surface area (Å²) < 4.78 is 5.50. The molecule has 0 bridgehead atoms. The van der Waals surface area contributed by atoms with Crippen molar-refractivity contribution in [2.75, 3.05) is 0 Å². The van der Waals surface area contributed by atoms with Crippen LogP contribution in [0.15, 0.2) is 45.7 Å². The zero-order valence-corrected chi connectivity index (χ0v) is 7.73. The Bertz CT molecular complexity index is 643. The van der Waals surface area contributed by atoms with Crippen molar-refractivity contribution in [3.63, 3.8) is 0 Å². The van der Waals surface area contributed by atoms with E-state index in [1.54, 1.807) is 18.2 Å². The molecule has 2 heterocycles. The van der Waals surface area contributed by atoms with Crippen LogP contribution in [0.5, 0.6) is 0 Å². The Balaban J connectivity index is 2.66. The van der Waals surface area contributed by atoms with Crippen molar-refractivity contribution >= 4 is 22.1 Å². The van der Waals surface area contributed by atoms with Gasteiger partial charge >= 0.3 is 0 Å². The van der Waals surface area contributed by atoms with Crippen LogP contribution < -0.4 is 5.43 Å². The van der Waals surface area contributed by atoms with Crippen LogP contribution in [0.4, 0.5) is 0 Å². The molecule has 0 aliphatic heterocycles. The first-order chi connectivity index (χ1) is 7.36. The van der Waals surface area contributed by atoms with E-state index in [0.29, 0.717) is 22.1 Å². The zero-order valence-electron chi connectivity index (χ0n) is 7.73. The lowest BCUT2D eigenvalue weighted by molar-refractivity contribution is 0.645. The van der Waals surface area contributed by atoms with Crippen LogP contribution in [-0.4, -0.2) is 4.98 Å². The molecule has 0 saturated carbocycles. The fraction of sp³-hybridized carbons (Fsp3) is 0. The van der Waals surface area contributed by atoms with Gasteiger partial charge in [-0.15, -0.1) is 0 Å². The van der Waals surface area contributed by atoms with Crippen LogP contribution in [-0.2, 0) is 0 Å². The summed E-state index contributed by atoms with van der Waals surface area (Å²) in [6.07, 6.45) is 1.49. The quantitative estimate of drug-likeness (QED) is 0.517. The lowest BCUT2D eigenvalue weighted by Gasteiger charge is -1.98. The number of para-hydroxylation sites is 1. The van der Waals surface area contributed by atoms with Gasteiger partial charge in [0.25, 0.3) is 0 Å². The number of pyridine rings is 1. The molecule has 3 heteroatoms. The van der Waals surface area contributed by atoms with Crippen LogP contribution in [0.3, 0.4) is 0 Å².